The van der Waals surface area contributed by atoms with Gasteiger partial charge in [0.05, 0.1) is 6.20 Å². The normalized spacial score (nSPS) is 14.0. The van der Waals surface area contributed by atoms with Crippen LogP contribution in [-0.4, -0.2) is 60.7 Å². The van der Waals surface area contributed by atoms with E-state index in [2.05, 4.69) is 40.6 Å². The number of hydrogen-bond donors (Lipinski definition) is 2. The molecule has 0 aliphatic carbocycles. The van der Waals surface area contributed by atoms with Crippen LogP contribution in [0.5, 0.6) is 11.5 Å². The molecule has 0 amide bonds. The van der Waals surface area contributed by atoms with Crippen LogP contribution in [0.15, 0.2) is 55.4 Å². The van der Waals surface area contributed by atoms with Gasteiger partial charge in [-0.05, 0) is 36.8 Å². The molecule has 6 rings (SSSR count). The number of hydrogen-bond acceptors (Lipinski definition) is 10. The Morgan fingerprint density at radius 3 is 2.79 bits per heavy atom. The molecule has 4 aromatic heterocycles. The number of pyridine rings is 1. The predicted octanol–water partition coefficient (Wildman–Crippen LogP) is 2.72. The second-order valence-electron chi connectivity index (χ2n) is 8.00. The molecule has 1 fully saturated rings. The summed E-state index contributed by atoms with van der Waals surface area (Å²) in [6.07, 6.45) is 6.60. The summed E-state index contributed by atoms with van der Waals surface area (Å²) in [5, 5.41) is 10.8. The molecule has 0 radical (unpaired) electrons. The molecule has 0 spiro atoms. The number of aromatic nitrogens is 7. The van der Waals surface area contributed by atoms with Crippen molar-refractivity contribution in [1.29, 1.82) is 0 Å². The quantitative estimate of drug-likeness (QED) is 0.410. The van der Waals surface area contributed by atoms with Crippen LogP contribution in [-0.2, 0) is 0 Å². The highest BCUT2D eigenvalue weighted by atomic mass is 16.5. The van der Waals surface area contributed by atoms with Gasteiger partial charge < -0.3 is 20.3 Å². The summed E-state index contributed by atoms with van der Waals surface area (Å²) < 4.78 is 7.77. The van der Waals surface area contributed by atoms with E-state index in [-0.39, 0.29) is 0 Å². The van der Waals surface area contributed by atoms with Gasteiger partial charge in [-0.25, -0.2) is 29.4 Å². The molecule has 0 saturated carbocycles. The Kier molecular flexibility index (Phi) is 5.07. The Hall–Kier alpha value is -4.38. The molecule has 2 N–H and O–H groups in total. The van der Waals surface area contributed by atoms with Crippen LogP contribution in [0.4, 0.5) is 17.5 Å². The fourth-order valence-corrected chi connectivity index (χ4v) is 3.92. The van der Waals surface area contributed by atoms with Gasteiger partial charge in [-0.15, -0.1) is 0 Å². The van der Waals surface area contributed by atoms with Gasteiger partial charge in [-0.2, -0.15) is 5.10 Å². The van der Waals surface area contributed by atoms with Crippen LogP contribution in [0.2, 0.25) is 0 Å². The second kappa shape index (κ2) is 8.52. The number of nitrogens with one attached hydrogen (secondary N) is 2. The van der Waals surface area contributed by atoms with Crippen molar-refractivity contribution in [3.8, 4) is 11.5 Å². The highest BCUT2D eigenvalue weighted by Gasteiger charge is 2.16. The maximum Gasteiger partial charge on any atom is 0.226 e. The van der Waals surface area contributed by atoms with Gasteiger partial charge in [0.15, 0.2) is 11.5 Å². The van der Waals surface area contributed by atoms with E-state index in [1.807, 2.05) is 43.5 Å². The summed E-state index contributed by atoms with van der Waals surface area (Å²) >= 11 is 0. The molecule has 11 nitrogen and oxygen atoms in total. The molecule has 0 atom stereocenters. The van der Waals surface area contributed by atoms with Crippen molar-refractivity contribution in [1.82, 2.24) is 39.9 Å². The molecule has 5 heterocycles. The number of anilines is 3. The minimum atomic E-state index is 0.633. The van der Waals surface area contributed by atoms with E-state index in [1.54, 1.807) is 10.7 Å². The average molecular weight is 454 g/mol. The Labute approximate surface area is 194 Å². The highest BCUT2D eigenvalue weighted by Crippen LogP contribution is 2.30. The van der Waals surface area contributed by atoms with E-state index in [0.29, 0.717) is 28.5 Å². The lowest BCUT2D eigenvalue weighted by atomic mass is 10.2. The Bertz CT molecular complexity index is 1480. The van der Waals surface area contributed by atoms with Crippen molar-refractivity contribution >= 4 is 34.1 Å². The monoisotopic (exact) mass is 454 g/mol. The fourth-order valence-electron chi connectivity index (χ4n) is 3.92. The number of fused-ring (bicyclic) bond motifs is 2. The Morgan fingerprint density at radius 2 is 1.91 bits per heavy atom. The lowest BCUT2D eigenvalue weighted by Gasteiger charge is -2.27. The second-order valence-corrected chi connectivity index (χ2v) is 8.00. The number of benzene rings is 1. The molecule has 1 saturated heterocycles. The summed E-state index contributed by atoms with van der Waals surface area (Å²) in [6.45, 7) is 5.56. The van der Waals surface area contributed by atoms with Gasteiger partial charge in [0.2, 0.25) is 5.95 Å². The zero-order valence-corrected chi connectivity index (χ0v) is 18.5. The number of ether oxygens (including phenoxy) is 1. The minimum Gasteiger partial charge on any atom is -0.457 e. The molecule has 1 aromatic carbocycles. The molecule has 5 aromatic rings. The van der Waals surface area contributed by atoms with Crippen molar-refractivity contribution in [2.45, 2.75) is 6.92 Å². The van der Waals surface area contributed by atoms with Gasteiger partial charge in [-0.3, -0.25) is 0 Å². The van der Waals surface area contributed by atoms with E-state index >= 15 is 0 Å². The van der Waals surface area contributed by atoms with Crippen LogP contribution in [0.1, 0.15) is 5.56 Å². The summed E-state index contributed by atoms with van der Waals surface area (Å²) in [6, 6.07) is 9.59. The van der Waals surface area contributed by atoms with Crippen LogP contribution in [0.25, 0.3) is 16.7 Å². The maximum atomic E-state index is 6.08. The lowest BCUT2D eigenvalue weighted by molar-refractivity contribution is 0.478. The third-order valence-corrected chi connectivity index (χ3v) is 5.68. The highest BCUT2D eigenvalue weighted by molar-refractivity contribution is 5.87. The number of nitrogens with zero attached hydrogens (tertiary/aromatic N) is 8. The van der Waals surface area contributed by atoms with Gasteiger partial charge in [-0.1, -0.05) is 0 Å². The number of rotatable bonds is 5. The number of aryl methyl sites for hydroxylation is 1. The van der Waals surface area contributed by atoms with Crippen molar-refractivity contribution in [2.75, 3.05) is 36.4 Å². The molecule has 0 bridgehead atoms. The van der Waals surface area contributed by atoms with E-state index in [4.69, 9.17) is 9.72 Å². The van der Waals surface area contributed by atoms with Crippen molar-refractivity contribution < 1.29 is 4.74 Å². The Morgan fingerprint density at radius 1 is 1.00 bits per heavy atom. The number of piperazine rings is 1. The van der Waals surface area contributed by atoms with Crippen LogP contribution < -0.4 is 20.3 Å². The first-order valence-corrected chi connectivity index (χ1v) is 11.0. The maximum absolute atomic E-state index is 6.08. The van der Waals surface area contributed by atoms with Gasteiger partial charge in [0, 0.05) is 44.1 Å². The lowest BCUT2D eigenvalue weighted by Crippen LogP contribution is -2.44. The fraction of sp³-hybridized carbons (Fsp3) is 0.217. The SMILES string of the molecule is Cc1cc(Nc2ncnc3cnc(N4CCNCC4)nc23)ccc1Oc1ccn2ncnc2c1. The van der Waals surface area contributed by atoms with Crippen molar-refractivity contribution in [3.63, 3.8) is 0 Å². The molecular formula is C23H22N10O. The molecule has 170 valence electrons. The molecular weight excluding hydrogens is 432 g/mol. The topological polar surface area (TPSA) is 118 Å². The summed E-state index contributed by atoms with van der Waals surface area (Å²) in [5.41, 5.74) is 3.95. The summed E-state index contributed by atoms with van der Waals surface area (Å²) in [4.78, 5) is 24.4. The molecule has 34 heavy (non-hydrogen) atoms. The first kappa shape index (κ1) is 20.2. The molecule has 0 unspecified atom stereocenters. The van der Waals surface area contributed by atoms with Gasteiger partial charge in [0.25, 0.3) is 0 Å². The zero-order valence-electron chi connectivity index (χ0n) is 18.5. The van der Waals surface area contributed by atoms with Crippen molar-refractivity contribution in [2.24, 2.45) is 0 Å². The Balaban J connectivity index is 1.25. The van der Waals surface area contributed by atoms with E-state index in [1.165, 1.54) is 12.7 Å². The molecule has 11 heteroatoms. The summed E-state index contributed by atoms with van der Waals surface area (Å²) in [5.74, 6) is 2.78. The first-order chi connectivity index (χ1) is 16.7. The third-order valence-electron chi connectivity index (χ3n) is 5.68. The largest absolute Gasteiger partial charge is 0.457 e. The van der Waals surface area contributed by atoms with E-state index in [9.17, 15) is 0 Å². The average Bonchev–Trinajstić information content (AvgIpc) is 3.34. The van der Waals surface area contributed by atoms with Crippen molar-refractivity contribution in [3.05, 3.63) is 60.9 Å². The van der Waals surface area contributed by atoms with E-state index in [0.717, 1.165) is 48.8 Å². The minimum absolute atomic E-state index is 0.633. The standard InChI is InChI=1S/C23H22N10O/c1-15-10-16(2-3-19(15)34-17-4-7-33-20(11-17)27-14-29-33)30-22-21-18(26-13-28-22)12-25-23(31-21)32-8-5-24-6-9-32/h2-4,7,10-14,24H,5-6,8-9H2,1H3,(H,26,28,30). The van der Waals surface area contributed by atoms with Gasteiger partial charge >= 0.3 is 0 Å². The first-order valence-electron chi connectivity index (χ1n) is 11.0. The van der Waals surface area contributed by atoms with Crippen LogP contribution >= 0.6 is 0 Å². The third kappa shape index (κ3) is 3.92. The summed E-state index contributed by atoms with van der Waals surface area (Å²) in [7, 11) is 0. The van der Waals surface area contributed by atoms with Gasteiger partial charge in [0.1, 0.15) is 35.2 Å². The molecule has 1 aliphatic heterocycles. The predicted molar refractivity (Wildman–Crippen MR) is 128 cm³/mol. The van der Waals surface area contributed by atoms with Crippen LogP contribution in [0.3, 0.4) is 0 Å². The van der Waals surface area contributed by atoms with E-state index < -0.39 is 0 Å². The van der Waals surface area contributed by atoms with Crippen LogP contribution in [0, 0.1) is 6.92 Å². The smallest absolute Gasteiger partial charge is 0.226 e. The zero-order chi connectivity index (χ0) is 22.9. The molecule has 1 aliphatic rings.